The average Bonchev–Trinajstić information content (AvgIpc) is 3.40. The Hall–Kier alpha value is -2.67. The van der Waals surface area contributed by atoms with E-state index in [0.29, 0.717) is 18.5 Å². The highest BCUT2D eigenvalue weighted by molar-refractivity contribution is 9.10. The van der Waals surface area contributed by atoms with Crippen LogP contribution in [-0.4, -0.2) is 49.2 Å². The number of rotatable bonds is 11. The van der Waals surface area contributed by atoms with Crippen LogP contribution in [0.2, 0.25) is 0 Å². The average molecular weight is 526 g/mol. The third kappa shape index (κ3) is 5.19. The zero-order chi connectivity index (χ0) is 24.1. The number of nitrogens with one attached hydrogen (secondary N) is 1. The van der Waals surface area contributed by atoms with Crippen LogP contribution in [0.15, 0.2) is 40.9 Å². The van der Waals surface area contributed by atoms with Gasteiger partial charge in [-0.1, -0.05) is 40.5 Å². The van der Waals surface area contributed by atoms with E-state index in [-0.39, 0.29) is 18.2 Å². The molecule has 0 bridgehead atoms. The van der Waals surface area contributed by atoms with Crippen LogP contribution in [0.25, 0.3) is 0 Å². The first-order chi connectivity index (χ1) is 16.5. The van der Waals surface area contributed by atoms with Crippen molar-refractivity contribution >= 4 is 39.7 Å². The molecule has 1 atom stereocenters. The Balaban J connectivity index is 1.33. The Labute approximate surface area is 209 Å². The minimum atomic E-state index is -0.619. The number of carbonyl (C=O) groups is 3. The summed E-state index contributed by atoms with van der Waals surface area (Å²) in [5, 5.41) is 2.64. The molecule has 4 rings (SSSR count). The van der Waals surface area contributed by atoms with Crippen LogP contribution < -0.4 is 10.2 Å². The van der Waals surface area contributed by atoms with Gasteiger partial charge in [0.1, 0.15) is 12.3 Å². The second-order valence-electron chi connectivity index (χ2n) is 9.07. The van der Waals surface area contributed by atoms with E-state index in [1.807, 2.05) is 12.1 Å². The summed E-state index contributed by atoms with van der Waals surface area (Å²) in [6.45, 7) is 2.58. The molecule has 0 aliphatic carbocycles. The van der Waals surface area contributed by atoms with E-state index in [4.69, 9.17) is 0 Å². The maximum absolute atomic E-state index is 13.1. The molecule has 0 radical (unpaired) electrons. The van der Waals surface area contributed by atoms with Crippen molar-refractivity contribution in [1.29, 1.82) is 0 Å². The highest BCUT2D eigenvalue weighted by Gasteiger charge is 2.36. The van der Waals surface area contributed by atoms with Gasteiger partial charge in [0.25, 0.3) is 5.91 Å². The molecule has 0 aromatic heterocycles. The lowest BCUT2D eigenvalue weighted by Gasteiger charge is -2.25. The van der Waals surface area contributed by atoms with E-state index >= 15 is 0 Å². The van der Waals surface area contributed by atoms with Gasteiger partial charge in [-0.3, -0.25) is 9.59 Å². The molecule has 1 N–H and O–H groups in total. The van der Waals surface area contributed by atoms with Crippen LogP contribution in [0.5, 0.6) is 0 Å². The predicted molar refractivity (Wildman–Crippen MR) is 137 cm³/mol. The van der Waals surface area contributed by atoms with Gasteiger partial charge in [-0.05, 0) is 67.0 Å². The monoisotopic (exact) mass is 525 g/mol. The Morgan fingerprint density at radius 1 is 1.21 bits per heavy atom. The lowest BCUT2D eigenvalue weighted by atomic mass is 9.98. The predicted octanol–water partition coefficient (Wildman–Crippen LogP) is 4.27. The lowest BCUT2D eigenvalue weighted by Crippen LogP contribution is -2.46. The van der Waals surface area contributed by atoms with Crippen molar-refractivity contribution in [3.63, 3.8) is 0 Å². The summed E-state index contributed by atoms with van der Waals surface area (Å²) in [5.41, 5.74) is 5.70. The number of carbonyl (C=O) groups excluding carboxylic acids is 3. The SMILES string of the molecule is CNC(=O)C(CCC=O)N1Cc2c(CCCCCN3CCc4ccc(Br)cc43)cccc2C1=O. The first-order valence-corrected chi connectivity index (χ1v) is 12.9. The fourth-order valence-corrected chi connectivity index (χ4v) is 5.52. The van der Waals surface area contributed by atoms with Gasteiger partial charge in [0.15, 0.2) is 0 Å². The zero-order valence-electron chi connectivity index (χ0n) is 19.7. The third-order valence-electron chi connectivity index (χ3n) is 6.99. The molecule has 0 saturated carbocycles. The van der Waals surface area contributed by atoms with Gasteiger partial charge in [0, 0.05) is 48.8 Å². The minimum Gasteiger partial charge on any atom is -0.371 e. The molecule has 2 aromatic rings. The van der Waals surface area contributed by atoms with Gasteiger partial charge in [0.05, 0.1) is 0 Å². The number of hydrogen-bond donors (Lipinski definition) is 1. The molecule has 2 amide bonds. The second-order valence-corrected chi connectivity index (χ2v) is 9.99. The number of benzene rings is 2. The molecule has 7 heteroatoms. The normalized spacial score (nSPS) is 15.3. The van der Waals surface area contributed by atoms with E-state index in [9.17, 15) is 14.4 Å². The number of unbranched alkanes of at least 4 members (excludes halogenated alkanes) is 2. The summed E-state index contributed by atoms with van der Waals surface area (Å²) in [6, 6.07) is 11.8. The smallest absolute Gasteiger partial charge is 0.255 e. The van der Waals surface area contributed by atoms with Gasteiger partial charge in [0.2, 0.25) is 5.91 Å². The molecule has 2 aliphatic heterocycles. The first kappa shape index (κ1) is 24.5. The number of aryl methyl sites for hydroxylation is 1. The number of anilines is 1. The number of likely N-dealkylation sites (N-methyl/N-ethyl adjacent to an activating group) is 1. The molecule has 1 unspecified atom stereocenters. The summed E-state index contributed by atoms with van der Waals surface area (Å²) < 4.78 is 1.13. The van der Waals surface area contributed by atoms with Gasteiger partial charge in [-0.25, -0.2) is 0 Å². The molecule has 34 heavy (non-hydrogen) atoms. The highest BCUT2D eigenvalue weighted by atomic mass is 79.9. The molecular weight excluding hydrogens is 494 g/mol. The van der Waals surface area contributed by atoms with Crippen molar-refractivity contribution < 1.29 is 14.4 Å². The molecule has 2 aromatic carbocycles. The highest BCUT2D eigenvalue weighted by Crippen LogP contribution is 2.32. The van der Waals surface area contributed by atoms with E-state index in [1.165, 1.54) is 16.8 Å². The summed E-state index contributed by atoms with van der Waals surface area (Å²) in [5.74, 6) is -0.338. The zero-order valence-corrected chi connectivity index (χ0v) is 21.3. The van der Waals surface area contributed by atoms with Gasteiger partial charge in [-0.15, -0.1) is 0 Å². The molecule has 2 heterocycles. The summed E-state index contributed by atoms with van der Waals surface area (Å²) in [4.78, 5) is 40.5. The Kier molecular flexibility index (Phi) is 8.03. The second kappa shape index (κ2) is 11.2. The standard InChI is InChI=1S/C27H32BrN3O3/c1-29-26(33)24(10-6-16-32)31-18-23-19(8-5-9-22(23)27(31)34)7-3-2-4-14-30-15-13-20-11-12-21(28)17-25(20)30/h5,8-9,11-12,16-17,24H,2-4,6-7,10,13-15,18H2,1H3,(H,29,33). The number of aldehydes is 1. The van der Waals surface area contributed by atoms with Crippen molar-refractivity contribution in [2.24, 2.45) is 0 Å². The molecule has 0 saturated heterocycles. The Morgan fingerprint density at radius 2 is 2.06 bits per heavy atom. The Morgan fingerprint density at radius 3 is 2.85 bits per heavy atom. The molecule has 180 valence electrons. The van der Waals surface area contributed by atoms with E-state index in [2.05, 4.69) is 50.4 Å². The minimum absolute atomic E-state index is 0.116. The third-order valence-corrected chi connectivity index (χ3v) is 7.48. The van der Waals surface area contributed by atoms with Gasteiger partial charge >= 0.3 is 0 Å². The lowest BCUT2D eigenvalue weighted by molar-refractivity contribution is -0.125. The molecular formula is C27H32BrN3O3. The van der Waals surface area contributed by atoms with Crippen LogP contribution in [-0.2, 0) is 29.0 Å². The fraction of sp³-hybridized carbons (Fsp3) is 0.444. The fourth-order valence-electron chi connectivity index (χ4n) is 5.17. The van der Waals surface area contributed by atoms with Gasteiger partial charge in [-0.2, -0.15) is 0 Å². The van der Waals surface area contributed by atoms with Crippen molar-refractivity contribution in [3.8, 4) is 0 Å². The summed E-state index contributed by atoms with van der Waals surface area (Å²) >= 11 is 3.59. The van der Waals surface area contributed by atoms with Crippen molar-refractivity contribution in [3.05, 3.63) is 63.1 Å². The molecule has 0 spiro atoms. The molecule has 2 aliphatic rings. The van der Waals surface area contributed by atoms with Crippen LogP contribution in [0.4, 0.5) is 5.69 Å². The van der Waals surface area contributed by atoms with E-state index in [1.54, 1.807) is 11.9 Å². The maximum atomic E-state index is 13.1. The largest absolute Gasteiger partial charge is 0.371 e. The number of hydrogen-bond acceptors (Lipinski definition) is 4. The van der Waals surface area contributed by atoms with Crippen molar-refractivity contribution in [1.82, 2.24) is 10.2 Å². The maximum Gasteiger partial charge on any atom is 0.255 e. The number of fused-ring (bicyclic) bond motifs is 2. The quantitative estimate of drug-likeness (QED) is 0.351. The first-order valence-electron chi connectivity index (χ1n) is 12.1. The van der Waals surface area contributed by atoms with Crippen molar-refractivity contribution in [2.75, 3.05) is 25.0 Å². The van der Waals surface area contributed by atoms with Crippen molar-refractivity contribution in [2.45, 2.75) is 57.5 Å². The molecule has 6 nitrogen and oxygen atoms in total. The van der Waals surface area contributed by atoms with Crippen LogP contribution in [0.1, 0.15) is 59.2 Å². The van der Waals surface area contributed by atoms with E-state index < -0.39 is 6.04 Å². The summed E-state index contributed by atoms with van der Waals surface area (Å²) in [6.07, 6.45) is 6.76. The van der Waals surface area contributed by atoms with E-state index in [0.717, 1.165) is 61.5 Å². The Bertz CT molecular complexity index is 1070. The topological polar surface area (TPSA) is 69.7 Å². The van der Waals surface area contributed by atoms with Crippen LogP contribution >= 0.6 is 15.9 Å². The van der Waals surface area contributed by atoms with Crippen LogP contribution in [0.3, 0.4) is 0 Å². The number of amides is 2. The summed E-state index contributed by atoms with van der Waals surface area (Å²) in [7, 11) is 1.56. The van der Waals surface area contributed by atoms with Crippen LogP contribution in [0, 0.1) is 0 Å². The molecule has 0 fully saturated rings. The number of halogens is 1. The van der Waals surface area contributed by atoms with Gasteiger partial charge < -0.3 is 19.9 Å². The number of nitrogens with zero attached hydrogens (tertiary/aromatic N) is 2.